The number of benzene rings is 1. The third-order valence-electron chi connectivity index (χ3n) is 3.59. The Morgan fingerprint density at radius 1 is 1.15 bits per heavy atom. The summed E-state index contributed by atoms with van der Waals surface area (Å²) in [5.41, 5.74) is 0.282. The first kappa shape index (κ1) is 19.3. The van der Waals surface area contributed by atoms with Crippen molar-refractivity contribution in [2.45, 2.75) is 6.92 Å². The molecule has 1 aromatic rings. The Balaban J connectivity index is 2.49. The molecule has 1 heterocycles. The molecular weight excluding hydrogens is 360 g/mol. The van der Waals surface area contributed by atoms with Crippen LogP contribution in [0, 0.1) is 12.3 Å². The fourth-order valence-corrected chi connectivity index (χ4v) is 2.60. The van der Waals surface area contributed by atoms with E-state index in [1.54, 1.807) is 13.0 Å². The van der Waals surface area contributed by atoms with Crippen molar-refractivity contribution < 1.29 is 23.9 Å². The number of hydrogen-bond donors (Lipinski definition) is 0. The summed E-state index contributed by atoms with van der Waals surface area (Å²) in [5.74, 6) is 1.56. The van der Waals surface area contributed by atoms with Gasteiger partial charge in [0.05, 0.1) is 11.6 Å². The van der Waals surface area contributed by atoms with Crippen LogP contribution >= 0.6 is 11.6 Å². The second-order valence-electron chi connectivity index (χ2n) is 5.32. The van der Waals surface area contributed by atoms with Crippen LogP contribution < -0.4 is 9.47 Å². The molecule has 0 saturated carbocycles. The Bertz CT molecular complexity index is 815. The molecule has 4 amide bonds. The van der Waals surface area contributed by atoms with E-state index in [-0.39, 0.29) is 23.0 Å². The van der Waals surface area contributed by atoms with Crippen LogP contribution in [0.25, 0.3) is 6.08 Å². The first-order valence-corrected chi connectivity index (χ1v) is 8.04. The van der Waals surface area contributed by atoms with Gasteiger partial charge in [-0.25, -0.2) is 4.79 Å². The molecule has 0 aromatic heterocycles. The van der Waals surface area contributed by atoms with Gasteiger partial charge in [0.25, 0.3) is 11.8 Å². The van der Waals surface area contributed by atoms with E-state index in [1.807, 2.05) is 0 Å². The average Bonchev–Trinajstić information content (AvgIpc) is 2.61. The van der Waals surface area contributed by atoms with Gasteiger partial charge in [-0.15, -0.1) is 6.42 Å². The summed E-state index contributed by atoms with van der Waals surface area (Å²) < 4.78 is 10.9. The summed E-state index contributed by atoms with van der Waals surface area (Å²) in [5, 5.41) is 0.214. The second kappa shape index (κ2) is 7.93. The zero-order valence-electron chi connectivity index (χ0n) is 14.5. The Labute approximate surface area is 156 Å². The van der Waals surface area contributed by atoms with Gasteiger partial charge in [-0.05, 0) is 30.7 Å². The minimum atomic E-state index is -0.695. The number of halogens is 1. The standard InChI is InChI=1S/C18H17ClN2O5/c1-5-7-26-15-13(19)9-11(10-14(15)25-6-2)8-12-16(22)20(3)18(24)21(4)17(12)23/h1,8-10H,6-7H2,2-4H3. The molecule has 0 radical (unpaired) electrons. The number of likely N-dealkylation sites (N-methyl/N-ethyl adjacent to an activating group) is 2. The van der Waals surface area contributed by atoms with Crippen LogP contribution in [0.1, 0.15) is 12.5 Å². The normalized spacial score (nSPS) is 14.4. The monoisotopic (exact) mass is 376 g/mol. The fraction of sp³-hybridized carbons (Fsp3) is 0.278. The molecule has 7 nitrogen and oxygen atoms in total. The number of rotatable bonds is 5. The zero-order valence-corrected chi connectivity index (χ0v) is 15.3. The molecular formula is C18H17ClN2O5. The van der Waals surface area contributed by atoms with Crippen LogP contribution in [0.4, 0.5) is 4.79 Å². The van der Waals surface area contributed by atoms with E-state index in [9.17, 15) is 14.4 Å². The molecule has 0 aliphatic carbocycles. The van der Waals surface area contributed by atoms with Gasteiger partial charge in [0.15, 0.2) is 11.5 Å². The van der Waals surface area contributed by atoms with Crippen molar-refractivity contribution in [3.8, 4) is 23.8 Å². The maximum absolute atomic E-state index is 12.3. The van der Waals surface area contributed by atoms with Crippen molar-refractivity contribution in [3.05, 3.63) is 28.3 Å². The number of imide groups is 2. The molecule has 0 unspecified atom stereocenters. The molecule has 2 rings (SSSR count). The summed E-state index contributed by atoms with van der Waals surface area (Å²) in [6, 6.07) is 2.40. The minimum absolute atomic E-state index is 0.00883. The van der Waals surface area contributed by atoms with E-state index < -0.39 is 17.8 Å². The highest BCUT2D eigenvalue weighted by Gasteiger charge is 2.37. The third-order valence-corrected chi connectivity index (χ3v) is 3.87. The molecule has 0 atom stereocenters. The van der Waals surface area contributed by atoms with Crippen molar-refractivity contribution in [3.63, 3.8) is 0 Å². The molecule has 8 heteroatoms. The Morgan fingerprint density at radius 2 is 1.77 bits per heavy atom. The highest BCUT2D eigenvalue weighted by Crippen LogP contribution is 2.37. The summed E-state index contributed by atoms with van der Waals surface area (Å²) in [4.78, 5) is 38.1. The lowest BCUT2D eigenvalue weighted by molar-refractivity contribution is -0.134. The number of barbiturate groups is 1. The summed E-state index contributed by atoms with van der Waals surface area (Å²) in [7, 11) is 2.60. The number of carbonyl (C=O) groups excluding carboxylic acids is 3. The van der Waals surface area contributed by atoms with Gasteiger partial charge in [-0.2, -0.15) is 0 Å². The van der Waals surface area contributed by atoms with Crippen molar-refractivity contribution in [1.82, 2.24) is 9.80 Å². The van der Waals surface area contributed by atoms with E-state index in [1.165, 1.54) is 26.2 Å². The van der Waals surface area contributed by atoms with E-state index >= 15 is 0 Å². The summed E-state index contributed by atoms with van der Waals surface area (Å²) in [6.07, 6.45) is 6.54. The minimum Gasteiger partial charge on any atom is -0.490 e. The van der Waals surface area contributed by atoms with E-state index in [2.05, 4.69) is 5.92 Å². The second-order valence-corrected chi connectivity index (χ2v) is 5.73. The van der Waals surface area contributed by atoms with Gasteiger partial charge in [-0.1, -0.05) is 17.5 Å². The van der Waals surface area contributed by atoms with Crippen molar-refractivity contribution in [1.29, 1.82) is 0 Å². The lowest BCUT2D eigenvalue weighted by Gasteiger charge is -2.28. The molecule has 0 N–H and O–H groups in total. The zero-order chi connectivity index (χ0) is 19.4. The molecule has 1 aliphatic heterocycles. The lowest BCUT2D eigenvalue weighted by atomic mass is 10.1. The van der Waals surface area contributed by atoms with Crippen molar-refractivity contribution in [2.75, 3.05) is 27.3 Å². The lowest BCUT2D eigenvalue weighted by Crippen LogP contribution is -2.52. The highest BCUT2D eigenvalue weighted by atomic mass is 35.5. The highest BCUT2D eigenvalue weighted by molar-refractivity contribution is 6.33. The first-order chi connectivity index (χ1) is 12.3. The van der Waals surface area contributed by atoms with Crippen LogP contribution in [0.2, 0.25) is 5.02 Å². The van der Waals surface area contributed by atoms with E-state index in [0.29, 0.717) is 17.9 Å². The Kier molecular flexibility index (Phi) is 5.90. The number of hydrogen-bond acceptors (Lipinski definition) is 5. The third kappa shape index (κ3) is 3.65. The van der Waals surface area contributed by atoms with Gasteiger partial charge in [-0.3, -0.25) is 19.4 Å². The molecule has 1 aliphatic rings. The SMILES string of the molecule is C#CCOc1c(Cl)cc(C=C2C(=O)N(C)C(=O)N(C)C2=O)cc1OCC. The van der Waals surface area contributed by atoms with Crippen molar-refractivity contribution >= 4 is 35.5 Å². The van der Waals surface area contributed by atoms with Crippen LogP contribution in [0.5, 0.6) is 11.5 Å². The van der Waals surface area contributed by atoms with E-state index in [0.717, 1.165) is 9.80 Å². The molecule has 0 bridgehead atoms. The van der Waals surface area contributed by atoms with Crippen molar-refractivity contribution in [2.24, 2.45) is 0 Å². The van der Waals surface area contributed by atoms with Gasteiger partial charge < -0.3 is 9.47 Å². The van der Waals surface area contributed by atoms with Gasteiger partial charge >= 0.3 is 6.03 Å². The van der Waals surface area contributed by atoms with Crippen LogP contribution in [0.15, 0.2) is 17.7 Å². The average molecular weight is 377 g/mol. The first-order valence-electron chi connectivity index (χ1n) is 7.66. The largest absolute Gasteiger partial charge is 0.490 e. The van der Waals surface area contributed by atoms with Gasteiger partial charge in [0.1, 0.15) is 12.2 Å². The molecule has 136 valence electrons. The van der Waals surface area contributed by atoms with Gasteiger partial charge in [0.2, 0.25) is 0 Å². The maximum Gasteiger partial charge on any atom is 0.333 e. The van der Waals surface area contributed by atoms with Crippen LogP contribution in [-0.4, -0.2) is 55.0 Å². The molecule has 1 saturated heterocycles. The maximum atomic E-state index is 12.3. The molecule has 1 aromatic carbocycles. The number of ether oxygens (including phenoxy) is 2. The number of nitrogens with zero attached hydrogens (tertiary/aromatic N) is 2. The fourth-order valence-electron chi connectivity index (χ4n) is 2.33. The quantitative estimate of drug-likeness (QED) is 0.447. The molecule has 0 spiro atoms. The molecule has 1 fully saturated rings. The van der Waals surface area contributed by atoms with Gasteiger partial charge in [0, 0.05) is 14.1 Å². The Hall–Kier alpha value is -2.98. The number of urea groups is 1. The number of terminal acetylenes is 1. The number of carbonyl (C=O) groups is 3. The smallest absolute Gasteiger partial charge is 0.333 e. The Morgan fingerprint density at radius 3 is 2.31 bits per heavy atom. The predicted molar refractivity (Wildman–Crippen MR) is 95.9 cm³/mol. The summed E-state index contributed by atoms with van der Waals surface area (Å²) in [6.45, 7) is 2.14. The predicted octanol–water partition coefficient (Wildman–Crippen LogP) is 2.18. The van der Waals surface area contributed by atoms with Crippen LogP contribution in [-0.2, 0) is 9.59 Å². The summed E-state index contributed by atoms with van der Waals surface area (Å²) >= 11 is 6.23. The molecule has 26 heavy (non-hydrogen) atoms. The van der Waals surface area contributed by atoms with E-state index in [4.69, 9.17) is 27.5 Å². The topological polar surface area (TPSA) is 76.2 Å². The van der Waals surface area contributed by atoms with Crippen LogP contribution in [0.3, 0.4) is 0 Å². The number of amides is 4.